The minimum atomic E-state index is -0.117. The van der Waals surface area contributed by atoms with Crippen LogP contribution < -0.4 is 0 Å². The number of hydrogen-bond acceptors (Lipinski definition) is 1. The number of phenolic OH excluding ortho intramolecular Hbond substituents is 1. The van der Waals surface area contributed by atoms with E-state index in [1.807, 2.05) is 6.92 Å². The third-order valence-corrected chi connectivity index (χ3v) is 5.98. The lowest BCUT2D eigenvalue weighted by Crippen LogP contribution is -2.19. The van der Waals surface area contributed by atoms with Crippen LogP contribution in [0.15, 0.2) is 49.0 Å². The molecule has 0 amide bonds. The Balaban J connectivity index is 2.09. The van der Waals surface area contributed by atoms with Gasteiger partial charge in [-0.1, -0.05) is 102 Å². The first-order chi connectivity index (χ1) is 13.4. The summed E-state index contributed by atoms with van der Waals surface area (Å²) in [6.45, 7) is 13.1. The summed E-state index contributed by atoms with van der Waals surface area (Å²) in [5, 5.41) is 10.7. The van der Waals surface area contributed by atoms with Gasteiger partial charge in [0.05, 0.1) is 0 Å². The van der Waals surface area contributed by atoms with Gasteiger partial charge in [0.15, 0.2) is 0 Å². The van der Waals surface area contributed by atoms with Crippen LogP contribution in [0.4, 0.5) is 0 Å². The lowest BCUT2D eigenvalue weighted by atomic mass is 9.76. The van der Waals surface area contributed by atoms with Crippen LogP contribution in [0.25, 0.3) is 5.57 Å². The summed E-state index contributed by atoms with van der Waals surface area (Å²) in [5.41, 5.74) is 5.30. The SMILES string of the molecule is C=C(CCCCCCCCC)c1cc(C(C)(C)c2ccccc2)cc(C)c1O. The standard InChI is InChI=1S/C27H38O/c1-6-7-8-9-10-11-13-16-21(2)25-20-24(19-22(3)26(25)28)27(4,5)23-17-14-12-15-18-23/h12,14-15,17-20,28H,2,6-11,13,16H2,1,3-5H3. The molecule has 1 nitrogen and oxygen atoms in total. The van der Waals surface area contributed by atoms with Crippen molar-refractivity contribution in [3.05, 3.63) is 71.3 Å². The maximum absolute atomic E-state index is 10.7. The molecule has 1 heteroatoms. The van der Waals surface area contributed by atoms with Gasteiger partial charge in [0.2, 0.25) is 0 Å². The second-order valence-corrected chi connectivity index (χ2v) is 8.66. The van der Waals surface area contributed by atoms with Gasteiger partial charge in [0.1, 0.15) is 5.75 Å². The van der Waals surface area contributed by atoms with Crippen molar-refractivity contribution in [1.29, 1.82) is 0 Å². The quantitative estimate of drug-likeness (QED) is 0.391. The van der Waals surface area contributed by atoms with E-state index in [1.165, 1.54) is 49.7 Å². The molecular formula is C27H38O. The zero-order valence-electron chi connectivity index (χ0n) is 18.4. The van der Waals surface area contributed by atoms with Crippen molar-refractivity contribution in [2.75, 3.05) is 0 Å². The minimum Gasteiger partial charge on any atom is -0.507 e. The summed E-state index contributed by atoms with van der Waals surface area (Å²) in [5.74, 6) is 0.389. The van der Waals surface area contributed by atoms with E-state index in [0.29, 0.717) is 5.75 Å². The summed E-state index contributed by atoms with van der Waals surface area (Å²) < 4.78 is 0. The Hall–Kier alpha value is -2.02. The van der Waals surface area contributed by atoms with Crippen molar-refractivity contribution in [2.45, 2.75) is 84.5 Å². The van der Waals surface area contributed by atoms with E-state index in [1.54, 1.807) is 0 Å². The number of benzene rings is 2. The van der Waals surface area contributed by atoms with Crippen LogP contribution in [-0.4, -0.2) is 5.11 Å². The molecule has 0 fully saturated rings. The Morgan fingerprint density at radius 1 is 0.893 bits per heavy atom. The Morgan fingerprint density at radius 2 is 1.50 bits per heavy atom. The molecule has 0 unspecified atom stereocenters. The highest BCUT2D eigenvalue weighted by molar-refractivity contribution is 5.71. The monoisotopic (exact) mass is 378 g/mol. The zero-order valence-corrected chi connectivity index (χ0v) is 18.4. The summed E-state index contributed by atoms with van der Waals surface area (Å²) in [6, 6.07) is 14.9. The molecule has 0 saturated carbocycles. The number of hydrogen-bond donors (Lipinski definition) is 1. The van der Waals surface area contributed by atoms with Gasteiger partial charge in [0.25, 0.3) is 0 Å². The molecule has 0 aliphatic carbocycles. The Kier molecular flexibility index (Phi) is 8.35. The predicted molar refractivity (Wildman–Crippen MR) is 123 cm³/mol. The average Bonchev–Trinajstić information content (AvgIpc) is 2.69. The van der Waals surface area contributed by atoms with Gasteiger partial charge in [0, 0.05) is 11.0 Å². The lowest BCUT2D eigenvalue weighted by molar-refractivity contribution is 0.468. The second-order valence-electron chi connectivity index (χ2n) is 8.66. The molecular weight excluding hydrogens is 340 g/mol. The normalized spacial score (nSPS) is 11.6. The van der Waals surface area contributed by atoms with E-state index in [-0.39, 0.29) is 5.41 Å². The number of aryl methyl sites for hydroxylation is 1. The van der Waals surface area contributed by atoms with Gasteiger partial charge in [-0.2, -0.15) is 0 Å². The average molecular weight is 379 g/mol. The molecule has 0 aliphatic heterocycles. The smallest absolute Gasteiger partial charge is 0.125 e. The van der Waals surface area contributed by atoms with Crippen molar-refractivity contribution < 1.29 is 5.11 Å². The zero-order chi connectivity index (χ0) is 20.6. The summed E-state index contributed by atoms with van der Waals surface area (Å²) >= 11 is 0. The molecule has 0 bridgehead atoms. The highest BCUT2D eigenvalue weighted by Gasteiger charge is 2.25. The number of unbranched alkanes of at least 4 members (excludes halogenated alkanes) is 6. The van der Waals surface area contributed by atoms with Gasteiger partial charge in [-0.3, -0.25) is 0 Å². The molecule has 2 aromatic carbocycles. The summed E-state index contributed by atoms with van der Waals surface area (Å²) in [6.07, 6.45) is 10.00. The minimum absolute atomic E-state index is 0.117. The van der Waals surface area contributed by atoms with E-state index in [4.69, 9.17) is 0 Å². The van der Waals surface area contributed by atoms with E-state index in [0.717, 1.165) is 29.5 Å². The first-order valence-corrected chi connectivity index (χ1v) is 11.0. The van der Waals surface area contributed by atoms with Crippen molar-refractivity contribution in [2.24, 2.45) is 0 Å². The summed E-state index contributed by atoms with van der Waals surface area (Å²) in [7, 11) is 0. The molecule has 2 aromatic rings. The van der Waals surface area contributed by atoms with Gasteiger partial charge < -0.3 is 5.11 Å². The van der Waals surface area contributed by atoms with Crippen molar-refractivity contribution in [3.63, 3.8) is 0 Å². The van der Waals surface area contributed by atoms with E-state index in [9.17, 15) is 5.11 Å². The molecule has 152 valence electrons. The molecule has 0 heterocycles. The van der Waals surface area contributed by atoms with Crippen LogP contribution in [0.2, 0.25) is 0 Å². The molecule has 1 N–H and O–H groups in total. The van der Waals surface area contributed by atoms with Crippen LogP contribution in [0.5, 0.6) is 5.75 Å². The number of phenols is 1. The number of rotatable bonds is 11. The third kappa shape index (κ3) is 5.74. The van der Waals surface area contributed by atoms with Crippen LogP contribution in [0.3, 0.4) is 0 Å². The Labute approximate surface area is 172 Å². The lowest BCUT2D eigenvalue weighted by Gasteiger charge is -2.28. The van der Waals surface area contributed by atoms with E-state index < -0.39 is 0 Å². The van der Waals surface area contributed by atoms with Crippen LogP contribution in [0.1, 0.15) is 94.4 Å². The fourth-order valence-electron chi connectivity index (χ4n) is 3.86. The second kappa shape index (κ2) is 10.5. The summed E-state index contributed by atoms with van der Waals surface area (Å²) in [4.78, 5) is 0. The van der Waals surface area contributed by atoms with Crippen LogP contribution in [0, 0.1) is 6.92 Å². The molecule has 28 heavy (non-hydrogen) atoms. The number of aromatic hydroxyl groups is 1. The highest BCUT2D eigenvalue weighted by atomic mass is 16.3. The van der Waals surface area contributed by atoms with E-state index in [2.05, 4.69) is 69.8 Å². The Morgan fingerprint density at radius 3 is 2.14 bits per heavy atom. The van der Waals surface area contributed by atoms with Crippen molar-refractivity contribution in [1.82, 2.24) is 0 Å². The predicted octanol–water partition coefficient (Wildman–Crippen LogP) is 8.18. The first kappa shape index (κ1) is 22.3. The molecule has 2 rings (SSSR count). The van der Waals surface area contributed by atoms with Gasteiger partial charge in [-0.05, 0) is 48.1 Å². The van der Waals surface area contributed by atoms with Crippen LogP contribution in [-0.2, 0) is 5.41 Å². The molecule has 0 spiro atoms. The largest absolute Gasteiger partial charge is 0.507 e. The fraction of sp³-hybridized carbons (Fsp3) is 0.481. The highest BCUT2D eigenvalue weighted by Crippen LogP contribution is 2.38. The van der Waals surface area contributed by atoms with Gasteiger partial charge in [-0.15, -0.1) is 0 Å². The van der Waals surface area contributed by atoms with Crippen molar-refractivity contribution in [3.8, 4) is 5.75 Å². The van der Waals surface area contributed by atoms with Crippen molar-refractivity contribution >= 4 is 5.57 Å². The molecule has 0 aliphatic rings. The number of allylic oxidation sites excluding steroid dienone is 1. The molecule has 0 atom stereocenters. The molecule has 0 saturated heterocycles. The fourth-order valence-corrected chi connectivity index (χ4v) is 3.86. The maximum atomic E-state index is 10.7. The van der Waals surface area contributed by atoms with Gasteiger partial charge in [-0.25, -0.2) is 0 Å². The molecule has 0 aromatic heterocycles. The maximum Gasteiger partial charge on any atom is 0.125 e. The Bertz CT molecular complexity index is 755. The topological polar surface area (TPSA) is 20.2 Å². The van der Waals surface area contributed by atoms with E-state index >= 15 is 0 Å². The van der Waals surface area contributed by atoms with Crippen LogP contribution >= 0.6 is 0 Å². The first-order valence-electron chi connectivity index (χ1n) is 11.0. The van der Waals surface area contributed by atoms with Gasteiger partial charge >= 0.3 is 0 Å². The third-order valence-electron chi connectivity index (χ3n) is 5.98. The molecule has 0 radical (unpaired) electrons.